The monoisotopic (exact) mass is 951 g/mol. The van der Waals surface area contributed by atoms with Crippen LogP contribution in [0.5, 0.6) is 11.5 Å². The molecule has 0 N–H and O–H groups in total. The van der Waals surface area contributed by atoms with Crippen molar-refractivity contribution in [3.8, 4) is 23.0 Å². The van der Waals surface area contributed by atoms with E-state index >= 15 is 0 Å². The Balaban J connectivity index is 0.00000388. The Labute approximate surface area is 362 Å². The first kappa shape index (κ1) is 35.4. The summed E-state index contributed by atoms with van der Waals surface area (Å²) in [6.45, 7) is 6.69. The summed E-state index contributed by atoms with van der Waals surface area (Å²) in [7, 11) is 0. The molecule has 0 unspecified atom stereocenters. The molecule has 3 aromatic heterocycles. The van der Waals surface area contributed by atoms with E-state index in [1.54, 1.807) is 0 Å². The molecule has 0 saturated heterocycles. The molecule has 6 heteroatoms. The number of fused-ring (bicyclic) bond motifs is 3. The number of benzene rings is 7. The minimum absolute atomic E-state index is 0. The van der Waals surface area contributed by atoms with E-state index in [0.29, 0.717) is 11.5 Å². The van der Waals surface area contributed by atoms with Crippen LogP contribution in [0.1, 0.15) is 65.3 Å². The first-order chi connectivity index (χ1) is 28.9. The van der Waals surface area contributed by atoms with Gasteiger partial charge in [-0.05, 0) is 56.8 Å². The maximum absolute atomic E-state index is 6.67. The van der Waals surface area contributed by atoms with Gasteiger partial charge in [0.2, 0.25) is 6.33 Å². The summed E-state index contributed by atoms with van der Waals surface area (Å²) in [6, 6.07) is 64.2. The number of para-hydroxylation sites is 2. The molecule has 5 nitrogen and oxygen atoms in total. The molecule has 3 aliphatic carbocycles. The second-order valence-electron chi connectivity index (χ2n) is 17.1. The van der Waals surface area contributed by atoms with Gasteiger partial charge in [-0.15, -0.1) is 29.7 Å². The average molecular weight is 952 g/mol. The summed E-state index contributed by atoms with van der Waals surface area (Å²) in [5, 5.41) is 2.24. The molecule has 2 bridgehead atoms. The van der Waals surface area contributed by atoms with Crippen LogP contribution in [0.25, 0.3) is 44.3 Å². The summed E-state index contributed by atoms with van der Waals surface area (Å²) in [6.07, 6.45) is 5.86. The fourth-order valence-corrected chi connectivity index (χ4v) is 10.8. The second kappa shape index (κ2) is 12.3. The van der Waals surface area contributed by atoms with E-state index in [-0.39, 0.29) is 26.5 Å². The number of hydrogen-bond acceptors (Lipinski definition) is 2. The standard InChI is InChI=1S/C54H36N4O.Pt/c1-52(2,3)34-28-29-55-50(30-34)58-47-24-11-4-16-38(47)39-27-26-37(32-49(39)58)59-36-15-12-14-35(31-36)56-33-57-51-46(23-13-25-48(51)56)53-40-17-5-8-20-43(40)54(57,44-21-9-6-18-41(44)53)45-22-10-7-19-42(45)53;/h4-30H,1-3H3;/q-2;. The Morgan fingerprint density at radius 1 is 0.583 bits per heavy atom. The first-order valence-corrected chi connectivity index (χ1v) is 20.3. The van der Waals surface area contributed by atoms with E-state index in [9.17, 15) is 0 Å². The molecule has 0 spiro atoms. The van der Waals surface area contributed by atoms with Gasteiger partial charge >= 0.3 is 0 Å². The van der Waals surface area contributed by atoms with E-state index < -0.39 is 11.0 Å². The van der Waals surface area contributed by atoms with Gasteiger partial charge in [0.1, 0.15) is 5.82 Å². The molecule has 0 amide bonds. The van der Waals surface area contributed by atoms with Gasteiger partial charge in [-0.1, -0.05) is 141 Å². The van der Waals surface area contributed by atoms with E-state index in [4.69, 9.17) is 9.72 Å². The van der Waals surface area contributed by atoms with Crippen molar-refractivity contribution in [2.24, 2.45) is 0 Å². The molecule has 60 heavy (non-hydrogen) atoms. The van der Waals surface area contributed by atoms with Crippen LogP contribution in [0.4, 0.5) is 0 Å². The van der Waals surface area contributed by atoms with Crippen LogP contribution in [0.15, 0.2) is 164 Å². The van der Waals surface area contributed by atoms with E-state index in [1.807, 2.05) is 24.4 Å². The van der Waals surface area contributed by atoms with Crippen molar-refractivity contribution in [1.29, 1.82) is 0 Å². The number of pyridine rings is 1. The zero-order chi connectivity index (χ0) is 39.3. The largest absolute Gasteiger partial charge is 0.510 e. The third kappa shape index (κ3) is 4.30. The van der Waals surface area contributed by atoms with E-state index in [1.165, 1.54) is 50.0 Å². The maximum Gasteiger partial charge on any atom is 0.243 e. The van der Waals surface area contributed by atoms with Crippen molar-refractivity contribution in [3.63, 3.8) is 0 Å². The second-order valence-corrected chi connectivity index (χ2v) is 17.1. The number of hydrogen-bond donors (Lipinski definition) is 0. The van der Waals surface area contributed by atoms with Crippen molar-refractivity contribution in [3.05, 3.63) is 227 Å². The molecule has 6 aliphatic rings. The van der Waals surface area contributed by atoms with Gasteiger partial charge in [0.15, 0.2) is 5.54 Å². The number of nitrogens with zero attached hydrogens (tertiary/aromatic N) is 4. The summed E-state index contributed by atoms with van der Waals surface area (Å²) in [4.78, 5) is 4.86. The Hall–Kier alpha value is -6.55. The van der Waals surface area contributed by atoms with Gasteiger partial charge < -0.3 is 13.9 Å². The summed E-state index contributed by atoms with van der Waals surface area (Å²) < 4.78 is 13.5. The topological polar surface area (TPSA) is 35.9 Å². The zero-order valence-electron chi connectivity index (χ0n) is 33.1. The fourth-order valence-electron chi connectivity index (χ4n) is 10.8. The number of aromatic nitrogens is 4. The molecule has 7 aromatic carbocycles. The van der Waals surface area contributed by atoms with Crippen LogP contribution in [-0.4, -0.2) is 14.1 Å². The number of rotatable bonds is 4. The predicted molar refractivity (Wildman–Crippen MR) is 231 cm³/mol. The van der Waals surface area contributed by atoms with E-state index in [0.717, 1.165) is 38.8 Å². The molecule has 0 saturated carbocycles. The smallest absolute Gasteiger partial charge is 0.243 e. The molecule has 0 fully saturated rings. The molecule has 290 valence electrons. The van der Waals surface area contributed by atoms with Crippen molar-refractivity contribution >= 4 is 32.8 Å². The zero-order valence-corrected chi connectivity index (χ0v) is 35.4. The van der Waals surface area contributed by atoms with Crippen molar-refractivity contribution in [1.82, 2.24) is 14.1 Å². The number of ether oxygens (including phenoxy) is 1. The van der Waals surface area contributed by atoms with Crippen LogP contribution in [0.2, 0.25) is 0 Å². The van der Waals surface area contributed by atoms with Crippen LogP contribution in [0.3, 0.4) is 0 Å². The normalized spacial score (nSPS) is 17.9. The van der Waals surface area contributed by atoms with Crippen LogP contribution in [-0.2, 0) is 37.4 Å². The van der Waals surface area contributed by atoms with Gasteiger partial charge in [0.05, 0.1) is 16.4 Å². The van der Waals surface area contributed by atoms with Gasteiger partial charge in [-0.3, -0.25) is 4.57 Å². The minimum Gasteiger partial charge on any atom is -0.510 e. The van der Waals surface area contributed by atoms with Crippen molar-refractivity contribution < 1.29 is 30.4 Å². The Morgan fingerprint density at radius 3 is 1.88 bits per heavy atom. The van der Waals surface area contributed by atoms with Crippen LogP contribution >= 0.6 is 0 Å². The van der Waals surface area contributed by atoms with Crippen LogP contribution in [0, 0.1) is 18.5 Å². The Kier molecular flexibility index (Phi) is 7.23. The van der Waals surface area contributed by atoms with Crippen molar-refractivity contribution in [2.45, 2.75) is 37.1 Å². The van der Waals surface area contributed by atoms with Gasteiger partial charge in [0.25, 0.3) is 0 Å². The quantitative estimate of drug-likeness (QED) is 0.130. The first-order valence-electron chi connectivity index (χ1n) is 20.3. The SMILES string of the molecule is CC(C)(C)c1ccnc(-n2c3[c-]c(Oc4[c-]c(-n5[c-][n+]6c7c(cccc75)C57c8ccccc8C6(c6ccccc65)c5ccccc57)ccc4)ccc3c3ccccc32)c1.[Pt]. The van der Waals surface area contributed by atoms with Crippen molar-refractivity contribution in [2.75, 3.05) is 0 Å². The third-order valence-corrected chi connectivity index (χ3v) is 13.2. The van der Waals surface area contributed by atoms with Gasteiger partial charge in [-0.25, -0.2) is 4.98 Å². The Morgan fingerprint density at radius 2 is 1.18 bits per heavy atom. The fraction of sp³-hybridized carbons (Fsp3) is 0.111. The number of imidazole rings is 1. The van der Waals surface area contributed by atoms with Gasteiger partial charge in [0, 0.05) is 61.0 Å². The maximum atomic E-state index is 6.67. The molecule has 3 aliphatic heterocycles. The summed E-state index contributed by atoms with van der Waals surface area (Å²) in [5.41, 5.74) is 14.4. The summed E-state index contributed by atoms with van der Waals surface area (Å²) in [5.74, 6) is 2.06. The average Bonchev–Trinajstić information content (AvgIpc) is 3.75. The minimum atomic E-state index is -0.611. The third-order valence-electron chi connectivity index (χ3n) is 13.2. The van der Waals surface area contributed by atoms with Crippen LogP contribution < -0.4 is 9.30 Å². The Bertz CT molecular complexity index is 3320. The predicted octanol–water partition coefficient (Wildman–Crippen LogP) is 11.1. The molecular formula is C54H36N4OPt-2. The van der Waals surface area contributed by atoms with E-state index in [2.05, 4.69) is 192 Å². The molecular weight excluding hydrogens is 916 g/mol. The van der Waals surface area contributed by atoms with Gasteiger partial charge in [-0.2, -0.15) is 18.2 Å². The molecule has 0 radical (unpaired) electrons. The summed E-state index contributed by atoms with van der Waals surface area (Å²) >= 11 is 0. The molecule has 6 heterocycles. The molecule has 16 rings (SSSR count). The molecule has 0 atom stereocenters. The molecule has 10 aromatic rings.